The molecule has 0 N–H and O–H groups in total. The molecule has 0 saturated heterocycles. The summed E-state index contributed by atoms with van der Waals surface area (Å²) >= 11 is 0. The smallest absolute Gasteiger partial charge is 0.0930 e. The van der Waals surface area contributed by atoms with E-state index >= 15 is 0 Å². The number of rotatable bonds is 13. The van der Waals surface area contributed by atoms with Gasteiger partial charge in [0.05, 0.1) is 6.10 Å². The van der Waals surface area contributed by atoms with Crippen LogP contribution in [0.1, 0.15) is 121 Å². The maximum atomic E-state index is 12.0. The highest BCUT2D eigenvalue weighted by Crippen LogP contribution is 2.34. The number of unbranched alkanes of at least 4 members (excludes halogenated alkanes) is 2. The number of hydrogen-bond acceptors (Lipinski definition) is 0. The highest BCUT2D eigenvalue weighted by molar-refractivity contribution is 5.25. The molecule has 28 heavy (non-hydrogen) atoms. The van der Waals surface area contributed by atoms with Gasteiger partial charge in [0.1, 0.15) is 0 Å². The molecule has 1 aromatic carbocycles. The van der Waals surface area contributed by atoms with Gasteiger partial charge in [0, 0.05) is 0 Å². The maximum absolute atomic E-state index is 12.0. The predicted octanol–water partition coefficient (Wildman–Crippen LogP) is 8.49. The van der Waals surface area contributed by atoms with Gasteiger partial charge < -0.3 is 0 Å². The van der Waals surface area contributed by atoms with Crippen molar-refractivity contribution in [3.05, 3.63) is 35.4 Å². The van der Waals surface area contributed by atoms with Gasteiger partial charge in [-0.15, -0.1) is 0 Å². The fraction of sp³-hybridized carbons (Fsp3) is 0.778. The standard InChI is InChI=1S/C27H45O/c1-4-6-8-23-11-13-24(14-12-23)15-16-25-17-19-26(20-18-25)22(3)10-21-27(28)9-7-5-2/h17-20,22-24,27H,4-16,21H2,1-3H3/t22?,23-,24-,27?. The molecule has 1 fully saturated rings. The number of hydrogen-bond donors (Lipinski definition) is 0. The molecule has 2 rings (SSSR count). The fourth-order valence-corrected chi connectivity index (χ4v) is 4.86. The number of benzene rings is 1. The zero-order chi connectivity index (χ0) is 20.2. The Bertz CT molecular complexity index is 497. The van der Waals surface area contributed by atoms with E-state index < -0.39 is 0 Å². The summed E-state index contributed by atoms with van der Waals surface area (Å²) in [5.74, 6) is 2.48. The first-order chi connectivity index (χ1) is 13.6. The summed E-state index contributed by atoms with van der Waals surface area (Å²) in [6.45, 7) is 6.75. The Labute approximate surface area is 175 Å². The normalized spacial score (nSPS) is 22.1. The van der Waals surface area contributed by atoms with E-state index in [1.165, 1.54) is 68.9 Å². The molecule has 0 spiro atoms. The van der Waals surface area contributed by atoms with E-state index in [0.29, 0.717) is 5.92 Å². The van der Waals surface area contributed by atoms with Gasteiger partial charge in [-0.2, -0.15) is 0 Å². The quantitative estimate of drug-likeness (QED) is 0.324. The van der Waals surface area contributed by atoms with Gasteiger partial charge >= 0.3 is 0 Å². The van der Waals surface area contributed by atoms with Gasteiger partial charge in [0.25, 0.3) is 0 Å². The lowest BCUT2D eigenvalue weighted by Gasteiger charge is -2.28. The summed E-state index contributed by atoms with van der Waals surface area (Å²) in [6, 6.07) is 9.30. The van der Waals surface area contributed by atoms with E-state index in [2.05, 4.69) is 45.0 Å². The van der Waals surface area contributed by atoms with Crippen LogP contribution in [0.5, 0.6) is 0 Å². The van der Waals surface area contributed by atoms with Crippen molar-refractivity contribution in [1.29, 1.82) is 0 Å². The summed E-state index contributed by atoms with van der Waals surface area (Å²) in [7, 11) is 0. The average Bonchev–Trinajstić information content (AvgIpc) is 2.74. The van der Waals surface area contributed by atoms with Crippen LogP contribution in [-0.2, 0) is 11.5 Å². The summed E-state index contributed by atoms with van der Waals surface area (Å²) in [5, 5.41) is 12.0. The molecule has 1 aromatic rings. The van der Waals surface area contributed by atoms with Gasteiger partial charge in [-0.1, -0.05) is 103 Å². The van der Waals surface area contributed by atoms with Crippen LogP contribution in [0.2, 0.25) is 0 Å². The summed E-state index contributed by atoms with van der Waals surface area (Å²) in [5.41, 5.74) is 2.90. The van der Waals surface area contributed by atoms with Gasteiger partial charge in [0.2, 0.25) is 0 Å². The first-order valence-corrected chi connectivity index (χ1v) is 12.4. The van der Waals surface area contributed by atoms with Gasteiger partial charge in [-0.05, 0) is 61.0 Å². The molecule has 2 unspecified atom stereocenters. The molecule has 0 aromatic heterocycles. The van der Waals surface area contributed by atoms with E-state index in [1.54, 1.807) is 0 Å². The van der Waals surface area contributed by atoms with E-state index in [4.69, 9.17) is 0 Å². The molecular formula is C27H45O. The van der Waals surface area contributed by atoms with Crippen molar-refractivity contribution in [2.75, 3.05) is 0 Å². The molecular weight excluding hydrogens is 340 g/mol. The lowest BCUT2D eigenvalue weighted by Crippen LogP contribution is -2.15. The van der Waals surface area contributed by atoms with Gasteiger partial charge in [0.15, 0.2) is 0 Å². The Hall–Kier alpha value is -0.820. The molecule has 159 valence electrons. The average molecular weight is 386 g/mol. The van der Waals surface area contributed by atoms with E-state index in [-0.39, 0.29) is 6.10 Å². The largest absolute Gasteiger partial charge is 0.233 e. The molecule has 0 heterocycles. The van der Waals surface area contributed by atoms with E-state index in [0.717, 1.165) is 43.9 Å². The predicted molar refractivity (Wildman–Crippen MR) is 121 cm³/mol. The molecule has 1 radical (unpaired) electrons. The van der Waals surface area contributed by atoms with Crippen LogP contribution >= 0.6 is 0 Å². The van der Waals surface area contributed by atoms with Crippen molar-refractivity contribution < 1.29 is 5.11 Å². The second-order valence-electron chi connectivity index (χ2n) is 9.55. The lowest BCUT2D eigenvalue weighted by atomic mass is 9.78. The van der Waals surface area contributed by atoms with Crippen molar-refractivity contribution in [2.45, 2.75) is 123 Å². The Morgan fingerprint density at radius 3 is 2.04 bits per heavy atom. The molecule has 1 nitrogen and oxygen atoms in total. The monoisotopic (exact) mass is 385 g/mol. The van der Waals surface area contributed by atoms with Crippen molar-refractivity contribution in [1.82, 2.24) is 0 Å². The molecule has 2 atom stereocenters. The third kappa shape index (κ3) is 8.68. The van der Waals surface area contributed by atoms with Crippen molar-refractivity contribution in [2.24, 2.45) is 11.8 Å². The van der Waals surface area contributed by atoms with Crippen LogP contribution in [0.15, 0.2) is 24.3 Å². The van der Waals surface area contributed by atoms with Crippen LogP contribution in [-0.4, -0.2) is 6.10 Å². The highest BCUT2D eigenvalue weighted by Gasteiger charge is 2.20. The van der Waals surface area contributed by atoms with Gasteiger partial charge in [-0.25, -0.2) is 5.11 Å². The van der Waals surface area contributed by atoms with Crippen LogP contribution in [0.4, 0.5) is 0 Å². The molecule has 0 aliphatic heterocycles. The van der Waals surface area contributed by atoms with Crippen LogP contribution in [0, 0.1) is 11.8 Å². The van der Waals surface area contributed by atoms with E-state index in [9.17, 15) is 5.11 Å². The molecule has 0 bridgehead atoms. The third-order valence-electron chi connectivity index (χ3n) is 7.12. The minimum atomic E-state index is -0.362. The first-order valence-electron chi connectivity index (χ1n) is 12.4. The topological polar surface area (TPSA) is 19.9 Å². The molecule has 1 saturated carbocycles. The SMILES string of the molecule is CCCCC([O])CCC(C)c1ccc(CC[C@H]2CC[C@H](CCCC)CC2)cc1. The second-order valence-corrected chi connectivity index (χ2v) is 9.55. The van der Waals surface area contributed by atoms with E-state index in [1.807, 2.05) is 0 Å². The molecule has 0 amide bonds. The molecule has 1 aliphatic carbocycles. The maximum Gasteiger partial charge on any atom is 0.0930 e. The minimum Gasteiger partial charge on any atom is -0.233 e. The van der Waals surface area contributed by atoms with Crippen molar-refractivity contribution >= 4 is 0 Å². The Morgan fingerprint density at radius 2 is 1.43 bits per heavy atom. The van der Waals surface area contributed by atoms with Crippen molar-refractivity contribution in [3.63, 3.8) is 0 Å². The molecule has 1 aliphatic rings. The Morgan fingerprint density at radius 1 is 0.821 bits per heavy atom. The molecule has 1 heteroatoms. The second kappa shape index (κ2) is 13.4. The Kier molecular flexibility index (Phi) is 11.2. The summed E-state index contributed by atoms with van der Waals surface area (Å²) < 4.78 is 0. The zero-order valence-corrected chi connectivity index (χ0v) is 18.9. The van der Waals surface area contributed by atoms with Crippen molar-refractivity contribution in [3.8, 4) is 0 Å². The van der Waals surface area contributed by atoms with Crippen LogP contribution in [0.3, 0.4) is 0 Å². The third-order valence-corrected chi connectivity index (χ3v) is 7.12. The van der Waals surface area contributed by atoms with Gasteiger partial charge in [-0.3, -0.25) is 0 Å². The summed E-state index contributed by atoms with van der Waals surface area (Å²) in [4.78, 5) is 0. The fourth-order valence-electron chi connectivity index (χ4n) is 4.86. The minimum absolute atomic E-state index is 0.362. The lowest BCUT2D eigenvalue weighted by molar-refractivity contribution is 0.0685. The van der Waals surface area contributed by atoms with Crippen LogP contribution in [0.25, 0.3) is 0 Å². The zero-order valence-electron chi connectivity index (χ0n) is 18.9. The summed E-state index contributed by atoms with van der Waals surface area (Å²) in [6.07, 6.45) is 17.3. The van der Waals surface area contributed by atoms with Crippen LogP contribution < -0.4 is 0 Å². The first kappa shape index (κ1) is 23.5. The highest BCUT2D eigenvalue weighted by atomic mass is 16.3. The number of aryl methyl sites for hydroxylation is 1. The Balaban J connectivity index is 1.67.